The molecule has 0 fully saturated rings. The lowest BCUT2D eigenvalue weighted by Gasteiger charge is -2.28. The van der Waals surface area contributed by atoms with Crippen molar-refractivity contribution in [3.63, 3.8) is 0 Å². The summed E-state index contributed by atoms with van der Waals surface area (Å²) in [5.41, 5.74) is 0.881. The number of carbonyl (C=O) groups excluding carboxylic acids is 1. The SMILES string of the molecule is CCC(C)(CC)NC(=O)Cc1ccc(C(=O)O)cc1. The van der Waals surface area contributed by atoms with Crippen LogP contribution in [0.15, 0.2) is 24.3 Å². The molecule has 104 valence electrons. The molecule has 1 aromatic rings. The van der Waals surface area contributed by atoms with Gasteiger partial charge in [0.25, 0.3) is 0 Å². The molecule has 4 heteroatoms. The first-order valence-corrected chi connectivity index (χ1v) is 6.53. The van der Waals surface area contributed by atoms with E-state index in [2.05, 4.69) is 5.32 Å². The molecule has 0 aliphatic heterocycles. The van der Waals surface area contributed by atoms with Gasteiger partial charge in [0.2, 0.25) is 5.91 Å². The van der Waals surface area contributed by atoms with Gasteiger partial charge in [0, 0.05) is 5.54 Å². The average molecular weight is 263 g/mol. The van der Waals surface area contributed by atoms with E-state index in [1.54, 1.807) is 12.1 Å². The van der Waals surface area contributed by atoms with Crippen molar-refractivity contribution in [3.05, 3.63) is 35.4 Å². The highest BCUT2D eigenvalue weighted by atomic mass is 16.4. The van der Waals surface area contributed by atoms with E-state index in [4.69, 9.17) is 5.11 Å². The van der Waals surface area contributed by atoms with Crippen LogP contribution in [0.25, 0.3) is 0 Å². The molecule has 1 amide bonds. The molecule has 0 aliphatic rings. The number of nitrogens with one attached hydrogen (secondary N) is 1. The number of carboxylic acid groups (broad SMARTS) is 1. The molecule has 0 atom stereocenters. The summed E-state index contributed by atoms with van der Waals surface area (Å²) < 4.78 is 0. The van der Waals surface area contributed by atoms with Crippen molar-refractivity contribution in [2.24, 2.45) is 0 Å². The van der Waals surface area contributed by atoms with E-state index in [9.17, 15) is 9.59 Å². The summed E-state index contributed by atoms with van der Waals surface area (Å²) in [5.74, 6) is -0.991. The van der Waals surface area contributed by atoms with E-state index in [0.29, 0.717) is 0 Å². The summed E-state index contributed by atoms with van der Waals surface area (Å²) >= 11 is 0. The number of carbonyl (C=O) groups is 2. The largest absolute Gasteiger partial charge is 0.478 e. The summed E-state index contributed by atoms with van der Waals surface area (Å²) in [6.45, 7) is 6.12. The third-order valence-electron chi connectivity index (χ3n) is 3.57. The van der Waals surface area contributed by atoms with E-state index < -0.39 is 5.97 Å². The summed E-state index contributed by atoms with van der Waals surface area (Å²) in [5, 5.41) is 11.8. The molecule has 0 saturated heterocycles. The molecule has 0 aliphatic carbocycles. The Labute approximate surface area is 113 Å². The maximum Gasteiger partial charge on any atom is 0.335 e. The zero-order valence-electron chi connectivity index (χ0n) is 11.7. The lowest BCUT2D eigenvalue weighted by atomic mass is 9.95. The van der Waals surface area contributed by atoms with Crippen LogP contribution >= 0.6 is 0 Å². The standard InChI is InChI=1S/C15H21NO3/c1-4-15(3,5-2)16-13(17)10-11-6-8-12(9-7-11)14(18)19/h6-9H,4-5,10H2,1-3H3,(H,16,17)(H,18,19). The third-order valence-corrected chi connectivity index (χ3v) is 3.57. The monoisotopic (exact) mass is 263 g/mol. The molecule has 0 unspecified atom stereocenters. The zero-order chi connectivity index (χ0) is 14.5. The Kier molecular flexibility index (Phi) is 5.10. The smallest absolute Gasteiger partial charge is 0.335 e. The van der Waals surface area contributed by atoms with E-state index >= 15 is 0 Å². The summed E-state index contributed by atoms with van der Waals surface area (Å²) in [7, 11) is 0. The minimum absolute atomic E-state index is 0.0331. The number of hydrogen-bond donors (Lipinski definition) is 2. The number of hydrogen-bond acceptors (Lipinski definition) is 2. The Hall–Kier alpha value is -1.84. The highest BCUT2D eigenvalue weighted by Crippen LogP contribution is 2.14. The molecular formula is C15H21NO3. The lowest BCUT2D eigenvalue weighted by Crippen LogP contribution is -2.45. The van der Waals surface area contributed by atoms with E-state index in [-0.39, 0.29) is 23.4 Å². The minimum atomic E-state index is -0.958. The Morgan fingerprint density at radius 3 is 2.11 bits per heavy atom. The van der Waals surface area contributed by atoms with Crippen molar-refractivity contribution in [1.82, 2.24) is 5.32 Å². The Morgan fingerprint density at radius 2 is 1.68 bits per heavy atom. The van der Waals surface area contributed by atoms with Gasteiger partial charge in [0.05, 0.1) is 12.0 Å². The van der Waals surface area contributed by atoms with Gasteiger partial charge in [-0.05, 0) is 37.5 Å². The fraction of sp³-hybridized carbons (Fsp3) is 0.467. The van der Waals surface area contributed by atoms with Crippen molar-refractivity contribution in [2.45, 2.75) is 45.6 Å². The number of amides is 1. The van der Waals surface area contributed by atoms with Crippen molar-refractivity contribution >= 4 is 11.9 Å². The van der Waals surface area contributed by atoms with Gasteiger partial charge in [0.1, 0.15) is 0 Å². The lowest BCUT2D eigenvalue weighted by molar-refractivity contribution is -0.122. The highest BCUT2D eigenvalue weighted by molar-refractivity contribution is 5.87. The first-order chi connectivity index (χ1) is 8.90. The van der Waals surface area contributed by atoms with Gasteiger partial charge < -0.3 is 10.4 Å². The van der Waals surface area contributed by atoms with Crippen LogP contribution in [0.5, 0.6) is 0 Å². The van der Waals surface area contributed by atoms with Crippen LogP contribution in [0.4, 0.5) is 0 Å². The summed E-state index contributed by atoms with van der Waals surface area (Å²) in [6.07, 6.45) is 2.04. The van der Waals surface area contributed by atoms with Crippen molar-refractivity contribution in [2.75, 3.05) is 0 Å². The van der Waals surface area contributed by atoms with Crippen LogP contribution < -0.4 is 5.32 Å². The van der Waals surface area contributed by atoms with Gasteiger partial charge in [0.15, 0.2) is 0 Å². The van der Waals surface area contributed by atoms with Gasteiger partial charge in [-0.2, -0.15) is 0 Å². The Balaban J connectivity index is 2.64. The summed E-state index contributed by atoms with van der Waals surface area (Å²) in [4.78, 5) is 22.7. The van der Waals surface area contributed by atoms with Crippen molar-refractivity contribution < 1.29 is 14.7 Å². The Morgan fingerprint density at radius 1 is 1.16 bits per heavy atom. The third kappa shape index (κ3) is 4.39. The fourth-order valence-electron chi connectivity index (χ4n) is 1.76. The molecule has 0 radical (unpaired) electrons. The van der Waals surface area contributed by atoms with Crippen LogP contribution in [-0.4, -0.2) is 22.5 Å². The Bertz CT molecular complexity index is 447. The second-order valence-corrected chi connectivity index (χ2v) is 4.99. The normalized spacial score (nSPS) is 11.1. The minimum Gasteiger partial charge on any atom is -0.478 e. The maximum absolute atomic E-state index is 11.9. The van der Waals surface area contributed by atoms with E-state index in [1.807, 2.05) is 20.8 Å². The van der Waals surface area contributed by atoms with Crippen LogP contribution in [0.3, 0.4) is 0 Å². The molecule has 0 saturated carbocycles. The first kappa shape index (κ1) is 15.2. The number of carboxylic acids is 1. The van der Waals surface area contributed by atoms with Crippen LogP contribution in [0, 0.1) is 0 Å². The first-order valence-electron chi connectivity index (χ1n) is 6.53. The van der Waals surface area contributed by atoms with Gasteiger partial charge >= 0.3 is 5.97 Å². The fourth-order valence-corrected chi connectivity index (χ4v) is 1.76. The molecule has 0 spiro atoms. The number of rotatable bonds is 6. The molecule has 4 nitrogen and oxygen atoms in total. The van der Waals surface area contributed by atoms with Crippen LogP contribution in [0.1, 0.15) is 49.5 Å². The second kappa shape index (κ2) is 6.36. The van der Waals surface area contributed by atoms with E-state index in [1.165, 1.54) is 12.1 Å². The average Bonchev–Trinajstić information content (AvgIpc) is 2.39. The number of aromatic carboxylic acids is 1. The highest BCUT2D eigenvalue weighted by Gasteiger charge is 2.21. The molecule has 19 heavy (non-hydrogen) atoms. The molecule has 2 N–H and O–H groups in total. The van der Waals surface area contributed by atoms with Crippen molar-refractivity contribution in [3.8, 4) is 0 Å². The molecule has 1 rings (SSSR count). The molecule has 0 aromatic heterocycles. The predicted octanol–water partition coefficient (Wildman–Crippen LogP) is 2.62. The van der Waals surface area contributed by atoms with E-state index in [0.717, 1.165) is 18.4 Å². The molecular weight excluding hydrogens is 242 g/mol. The van der Waals surface area contributed by atoms with Gasteiger partial charge in [-0.1, -0.05) is 26.0 Å². The predicted molar refractivity (Wildman–Crippen MR) is 74.2 cm³/mol. The van der Waals surface area contributed by atoms with Gasteiger partial charge in [-0.3, -0.25) is 4.79 Å². The van der Waals surface area contributed by atoms with Gasteiger partial charge in [-0.15, -0.1) is 0 Å². The zero-order valence-corrected chi connectivity index (χ0v) is 11.7. The van der Waals surface area contributed by atoms with Crippen LogP contribution in [0.2, 0.25) is 0 Å². The van der Waals surface area contributed by atoms with Gasteiger partial charge in [-0.25, -0.2) is 4.79 Å². The quantitative estimate of drug-likeness (QED) is 0.829. The molecule has 0 bridgehead atoms. The van der Waals surface area contributed by atoms with Crippen molar-refractivity contribution in [1.29, 1.82) is 0 Å². The van der Waals surface area contributed by atoms with Crippen LogP contribution in [-0.2, 0) is 11.2 Å². The molecule has 0 heterocycles. The maximum atomic E-state index is 11.9. The molecule has 1 aromatic carbocycles. The summed E-state index contributed by atoms with van der Waals surface area (Å²) in [6, 6.07) is 6.39. The second-order valence-electron chi connectivity index (χ2n) is 4.99. The topological polar surface area (TPSA) is 66.4 Å². The number of benzene rings is 1.